The van der Waals surface area contributed by atoms with Gasteiger partial charge in [0.15, 0.2) is 17.7 Å². The average molecular weight is 835 g/mol. The molecule has 18 unspecified atom stereocenters. The fourth-order valence-corrected chi connectivity index (χ4v) is 11.5. The van der Waals surface area contributed by atoms with Crippen molar-refractivity contribution in [2.24, 2.45) is 29.1 Å². The number of fused-ring (bicyclic) bond motifs is 3. The third kappa shape index (κ3) is 9.17. The van der Waals surface area contributed by atoms with Crippen molar-refractivity contribution < 1.29 is 67.2 Å². The first kappa shape index (κ1) is 45.2. The Balaban J connectivity index is 0.871. The molecule has 5 fully saturated rings. The lowest BCUT2D eigenvalue weighted by molar-refractivity contribution is -0.270. The van der Waals surface area contributed by atoms with Gasteiger partial charge < -0.3 is 62.4 Å². The number of aliphatic hydroxyl groups is 3. The Morgan fingerprint density at radius 3 is 2.05 bits per heavy atom. The molecule has 0 spiro atoms. The predicted molar refractivity (Wildman–Crippen MR) is 213 cm³/mol. The van der Waals surface area contributed by atoms with E-state index in [9.17, 15) is 20.1 Å². The van der Waals surface area contributed by atoms with Gasteiger partial charge in [-0.15, -0.1) is 0 Å². The third-order valence-electron chi connectivity index (χ3n) is 15.1. The predicted octanol–water partition coefficient (Wildman–Crippen LogP) is 4.41. The van der Waals surface area contributed by atoms with E-state index in [2.05, 4.69) is 13.0 Å². The highest BCUT2D eigenvalue weighted by Crippen LogP contribution is 2.58. The van der Waals surface area contributed by atoms with Gasteiger partial charge in [0.1, 0.15) is 11.9 Å². The van der Waals surface area contributed by atoms with Crippen LogP contribution < -0.4 is 0 Å². The molecule has 14 heteroatoms. The molecule has 3 aliphatic carbocycles. The lowest BCUT2D eigenvalue weighted by Crippen LogP contribution is -2.56. The Labute approximate surface area is 349 Å². The quantitative estimate of drug-likeness (QED) is 0.225. The first-order valence-electron chi connectivity index (χ1n) is 21.9. The highest BCUT2D eigenvalue weighted by Gasteiger charge is 2.58. The van der Waals surface area contributed by atoms with Crippen molar-refractivity contribution in [1.82, 2.24) is 0 Å². The summed E-state index contributed by atoms with van der Waals surface area (Å²) in [4.78, 5) is 13.9. The first-order valence-corrected chi connectivity index (χ1v) is 21.9. The molecule has 1 aromatic rings. The summed E-state index contributed by atoms with van der Waals surface area (Å²) in [6.07, 6.45) is 4.19. The molecule has 0 amide bonds. The molecule has 2 saturated carbocycles. The second-order valence-electron chi connectivity index (χ2n) is 18.5. The van der Waals surface area contributed by atoms with Gasteiger partial charge in [0.05, 0.1) is 93.7 Å². The molecule has 18 atom stereocenters. The number of ether oxygens (including phenoxy) is 9. The summed E-state index contributed by atoms with van der Waals surface area (Å²) in [5.74, 6) is 0.138. The van der Waals surface area contributed by atoms with E-state index in [1.165, 1.54) is 11.8 Å². The van der Waals surface area contributed by atoms with E-state index < -0.39 is 30.2 Å². The maximum Gasteiger partial charge on any atom is 0.172 e. The number of rotatable bonds is 14. The fourth-order valence-electron chi connectivity index (χ4n) is 11.5. The minimum absolute atomic E-state index is 0.0265. The van der Waals surface area contributed by atoms with Crippen LogP contribution in [0.25, 0.3) is 0 Å². The van der Waals surface area contributed by atoms with Crippen molar-refractivity contribution >= 4 is 5.78 Å². The number of allylic oxidation sites excluding steroid dienone is 1. The van der Waals surface area contributed by atoms with E-state index >= 15 is 0 Å². The number of furan rings is 1. The number of methoxy groups -OCH3 is 3. The highest BCUT2D eigenvalue weighted by molar-refractivity contribution is 5.92. The zero-order valence-electron chi connectivity index (χ0n) is 36.3. The minimum Gasteiger partial charge on any atom is -0.469 e. The SMILES string of the molecule is COC1CC(COCC2C(C)OC(COCC3C(C)OC(OC4CC5=CCC6C(=O)C(O)(c7ccoc7C)CCC6C5(C)CC4O)CC3OC)CC2OC)OC(C)C1O. The number of hydrogen-bond donors (Lipinski definition) is 3. The van der Waals surface area contributed by atoms with Gasteiger partial charge in [-0.1, -0.05) is 18.6 Å². The monoisotopic (exact) mass is 834 g/mol. The van der Waals surface area contributed by atoms with Crippen LogP contribution in [0.5, 0.6) is 0 Å². The molecule has 7 rings (SSSR count). The van der Waals surface area contributed by atoms with Gasteiger partial charge in [-0.05, 0) is 77.2 Å². The number of Topliss-reactive ketones (excluding diaryl/α,β-unsaturated/α-hetero) is 1. The van der Waals surface area contributed by atoms with Crippen LogP contribution in [0, 0.1) is 36.0 Å². The van der Waals surface area contributed by atoms with Crippen molar-refractivity contribution in [3.05, 3.63) is 35.3 Å². The Kier molecular flexibility index (Phi) is 14.5. The summed E-state index contributed by atoms with van der Waals surface area (Å²) in [5, 5.41) is 33.5. The molecular formula is C45H70O14. The van der Waals surface area contributed by atoms with Gasteiger partial charge in [-0.25, -0.2) is 0 Å². The van der Waals surface area contributed by atoms with Crippen LogP contribution in [-0.4, -0.2) is 142 Å². The van der Waals surface area contributed by atoms with Crippen LogP contribution in [0.2, 0.25) is 0 Å². The number of carbonyl (C=O) groups excluding carboxylic acids is 1. The number of carbonyl (C=O) groups is 1. The van der Waals surface area contributed by atoms with Gasteiger partial charge in [0.25, 0.3) is 0 Å². The normalized spacial score (nSPS) is 45.4. The Morgan fingerprint density at radius 2 is 1.42 bits per heavy atom. The summed E-state index contributed by atoms with van der Waals surface area (Å²) < 4.78 is 60.6. The number of aryl methyl sites for hydroxylation is 1. The van der Waals surface area contributed by atoms with E-state index in [0.29, 0.717) is 89.1 Å². The molecule has 4 heterocycles. The maximum absolute atomic E-state index is 13.9. The van der Waals surface area contributed by atoms with Gasteiger partial charge in [0.2, 0.25) is 0 Å². The second-order valence-corrected chi connectivity index (χ2v) is 18.5. The third-order valence-corrected chi connectivity index (χ3v) is 15.1. The molecule has 3 N–H and O–H groups in total. The number of aliphatic hydroxyl groups excluding tert-OH is 2. The van der Waals surface area contributed by atoms with Crippen LogP contribution in [0.4, 0.5) is 0 Å². The zero-order valence-corrected chi connectivity index (χ0v) is 36.3. The summed E-state index contributed by atoms with van der Waals surface area (Å²) in [7, 11) is 5.04. The molecule has 0 radical (unpaired) electrons. The zero-order chi connectivity index (χ0) is 42.2. The average Bonchev–Trinajstić information content (AvgIpc) is 3.65. The minimum atomic E-state index is -1.54. The molecule has 1 aromatic heterocycles. The topological polar surface area (TPSA) is 174 Å². The van der Waals surface area contributed by atoms with Crippen molar-refractivity contribution in [3.8, 4) is 0 Å². The van der Waals surface area contributed by atoms with Crippen molar-refractivity contribution in [2.45, 2.75) is 165 Å². The van der Waals surface area contributed by atoms with Crippen molar-refractivity contribution in [2.75, 3.05) is 47.8 Å². The van der Waals surface area contributed by atoms with E-state index in [-0.39, 0.29) is 83.7 Å². The fraction of sp³-hybridized carbons (Fsp3) is 0.844. The molecule has 3 saturated heterocycles. The smallest absolute Gasteiger partial charge is 0.172 e. The van der Waals surface area contributed by atoms with Crippen molar-refractivity contribution in [3.63, 3.8) is 0 Å². The van der Waals surface area contributed by atoms with E-state index in [1.54, 1.807) is 34.3 Å². The summed E-state index contributed by atoms with van der Waals surface area (Å²) in [6, 6.07) is 1.71. The van der Waals surface area contributed by atoms with E-state index in [0.717, 1.165) is 0 Å². The van der Waals surface area contributed by atoms with Gasteiger partial charge in [-0.2, -0.15) is 0 Å². The molecule has 334 valence electrons. The van der Waals surface area contributed by atoms with Crippen LogP contribution in [0.15, 0.2) is 28.4 Å². The Morgan fingerprint density at radius 1 is 0.814 bits per heavy atom. The molecule has 6 aliphatic rings. The first-order chi connectivity index (χ1) is 28.2. The van der Waals surface area contributed by atoms with Gasteiger partial charge in [-0.3, -0.25) is 4.79 Å². The lowest BCUT2D eigenvalue weighted by Gasteiger charge is -2.55. The summed E-state index contributed by atoms with van der Waals surface area (Å²) >= 11 is 0. The molecular weight excluding hydrogens is 764 g/mol. The molecule has 3 aliphatic heterocycles. The standard InChI is InChI=1S/C45H70O14/c1-24-32(22-54-21-30-17-40(52-8)42(47)27(4)57-30)37(50-6)16-29(56-24)20-53-23-33-25(2)58-41(18-38(33)51-7)59-39-15-28-9-10-31-35(44(28,5)19-36(39)46)11-13-45(49,43(31)48)34-12-14-55-26(34)3/h9,12,14,24-25,27,29-33,35-42,46-47,49H,10-11,13,15-23H2,1-8H3. The lowest BCUT2D eigenvalue weighted by atomic mass is 9.51. The number of ketones is 1. The number of hydrogen-bond acceptors (Lipinski definition) is 14. The van der Waals surface area contributed by atoms with Crippen LogP contribution in [0.1, 0.15) is 90.4 Å². The van der Waals surface area contributed by atoms with Crippen LogP contribution in [-0.2, 0) is 53.0 Å². The Hall–Kier alpha value is -1.79. The van der Waals surface area contributed by atoms with E-state index in [1.807, 2.05) is 20.8 Å². The van der Waals surface area contributed by atoms with Gasteiger partial charge in [0, 0.05) is 63.9 Å². The largest absolute Gasteiger partial charge is 0.469 e. The van der Waals surface area contributed by atoms with Crippen LogP contribution in [0.3, 0.4) is 0 Å². The molecule has 0 bridgehead atoms. The highest BCUT2D eigenvalue weighted by atomic mass is 16.7. The van der Waals surface area contributed by atoms with E-state index in [4.69, 9.17) is 47.0 Å². The maximum atomic E-state index is 13.9. The summed E-state index contributed by atoms with van der Waals surface area (Å²) in [5.41, 5.74) is -0.139. The molecule has 0 aromatic carbocycles. The van der Waals surface area contributed by atoms with Crippen LogP contribution >= 0.6 is 0 Å². The second kappa shape index (κ2) is 18.9. The Bertz CT molecular complexity index is 1580. The summed E-state index contributed by atoms with van der Waals surface area (Å²) in [6.45, 7) is 11.6. The molecule has 14 nitrogen and oxygen atoms in total. The molecule has 59 heavy (non-hydrogen) atoms. The van der Waals surface area contributed by atoms with Gasteiger partial charge >= 0.3 is 0 Å². The van der Waals surface area contributed by atoms with Crippen molar-refractivity contribution in [1.29, 1.82) is 0 Å².